The number of hydrogen-bond acceptors (Lipinski definition) is 6. The van der Waals surface area contributed by atoms with Crippen molar-refractivity contribution in [3.63, 3.8) is 0 Å². The molecule has 0 aliphatic heterocycles. The van der Waals surface area contributed by atoms with Gasteiger partial charge in [0.1, 0.15) is 0 Å². The van der Waals surface area contributed by atoms with Crippen LogP contribution in [-0.2, 0) is 28.7 Å². The van der Waals surface area contributed by atoms with Crippen molar-refractivity contribution in [3.05, 3.63) is 0 Å². The fraction of sp³-hybridized carbons (Fsp3) is 0.800. The Balaban J connectivity index is 5.13. The van der Waals surface area contributed by atoms with Crippen molar-refractivity contribution in [2.45, 2.75) is 73.6 Å². The molecule has 28 heavy (non-hydrogen) atoms. The van der Waals surface area contributed by atoms with E-state index in [9.17, 15) is 24.3 Å². The number of esters is 2. The van der Waals surface area contributed by atoms with Crippen LogP contribution in [0.3, 0.4) is 0 Å². The Labute approximate surface area is 166 Å². The van der Waals surface area contributed by atoms with Crippen molar-refractivity contribution >= 4 is 23.9 Å². The maximum absolute atomic E-state index is 12.0. The van der Waals surface area contributed by atoms with E-state index in [2.05, 4.69) is 0 Å². The Hall–Kier alpha value is -2.12. The van der Waals surface area contributed by atoms with Crippen LogP contribution < -0.4 is 0 Å². The number of ether oxygens (including phenoxy) is 2. The number of carboxylic acid groups (broad SMARTS) is 2. The van der Waals surface area contributed by atoms with Gasteiger partial charge in [0.15, 0.2) is 0 Å². The Bertz CT molecular complexity index is 534. The molecule has 0 aliphatic carbocycles. The lowest BCUT2D eigenvalue weighted by Crippen LogP contribution is -2.36. The number of aliphatic carboxylic acids is 2. The maximum Gasteiger partial charge on any atom is 0.311 e. The second-order valence-electron chi connectivity index (χ2n) is 9.10. The van der Waals surface area contributed by atoms with Gasteiger partial charge >= 0.3 is 23.9 Å². The van der Waals surface area contributed by atoms with Gasteiger partial charge in [-0.15, -0.1) is 0 Å². The molecule has 162 valence electrons. The molecule has 0 rings (SSSR count). The van der Waals surface area contributed by atoms with Gasteiger partial charge < -0.3 is 19.7 Å². The molecule has 0 aromatic carbocycles. The van der Waals surface area contributed by atoms with Gasteiger partial charge in [-0.25, -0.2) is 0 Å². The zero-order valence-electron chi connectivity index (χ0n) is 17.8. The molecule has 0 atom stereocenters. The molecule has 8 heteroatoms. The molecular weight excluding hydrogens is 368 g/mol. The quantitative estimate of drug-likeness (QED) is 0.504. The minimum absolute atomic E-state index is 0.0108. The van der Waals surface area contributed by atoms with Gasteiger partial charge in [0, 0.05) is 6.42 Å². The fourth-order valence-corrected chi connectivity index (χ4v) is 2.39. The monoisotopic (exact) mass is 402 g/mol. The standard InChI is InChI=1S/C20H34O8/c1-18(2,3)16(25)27-12-10-20(15(23)24,9-7-8-14(21)22)11-13-28-17(26)19(4,5)6/h7-13H2,1-6H3,(H,21,22)(H,23,24). The van der Waals surface area contributed by atoms with Gasteiger partial charge in [-0.3, -0.25) is 19.2 Å². The fourth-order valence-electron chi connectivity index (χ4n) is 2.39. The molecule has 0 unspecified atom stereocenters. The third-order valence-electron chi connectivity index (χ3n) is 4.35. The third kappa shape index (κ3) is 9.19. The van der Waals surface area contributed by atoms with Crippen LogP contribution in [0.4, 0.5) is 0 Å². The van der Waals surface area contributed by atoms with Crippen LogP contribution in [0.25, 0.3) is 0 Å². The van der Waals surface area contributed by atoms with E-state index in [0.29, 0.717) is 0 Å². The molecule has 0 bridgehead atoms. The third-order valence-corrected chi connectivity index (χ3v) is 4.35. The molecule has 8 nitrogen and oxygen atoms in total. The number of carbonyl (C=O) groups excluding carboxylic acids is 2. The van der Waals surface area contributed by atoms with E-state index in [-0.39, 0.29) is 45.3 Å². The molecule has 0 radical (unpaired) electrons. The average molecular weight is 402 g/mol. The molecule has 0 aliphatic rings. The second kappa shape index (κ2) is 10.4. The first-order valence-corrected chi connectivity index (χ1v) is 9.41. The molecule has 0 aromatic heterocycles. The summed E-state index contributed by atoms with van der Waals surface area (Å²) in [7, 11) is 0. The van der Waals surface area contributed by atoms with Crippen LogP contribution in [0.15, 0.2) is 0 Å². The predicted octanol–water partition coefficient (Wildman–Crippen LogP) is 3.27. The number of carbonyl (C=O) groups is 4. The zero-order chi connectivity index (χ0) is 22.2. The van der Waals surface area contributed by atoms with Gasteiger partial charge in [0.05, 0.1) is 29.5 Å². The van der Waals surface area contributed by atoms with Crippen molar-refractivity contribution in [1.82, 2.24) is 0 Å². The lowest BCUT2D eigenvalue weighted by atomic mass is 9.77. The van der Waals surface area contributed by atoms with Gasteiger partial charge in [-0.1, -0.05) is 0 Å². The number of carboxylic acids is 2. The molecule has 0 amide bonds. The summed E-state index contributed by atoms with van der Waals surface area (Å²) >= 11 is 0. The van der Waals surface area contributed by atoms with Gasteiger partial charge in [0.25, 0.3) is 0 Å². The van der Waals surface area contributed by atoms with Crippen molar-refractivity contribution in [3.8, 4) is 0 Å². The summed E-state index contributed by atoms with van der Waals surface area (Å²) in [6, 6.07) is 0. The largest absolute Gasteiger partial charge is 0.481 e. The molecule has 0 saturated carbocycles. The highest BCUT2D eigenvalue weighted by Gasteiger charge is 2.39. The van der Waals surface area contributed by atoms with Crippen molar-refractivity contribution in [2.24, 2.45) is 16.2 Å². The lowest BCUT2D eigenvalue weighted by Gasteiger charge is -2.30. The number of rotatable bonds is 11. The smallest absolute Gasteiger partial charge is 0.311 e. The lowest BCUT2D eigenvalue weighted by molar-refractivity contribution is -0.162. The van der Waals surface area contributed by atoms with Gasteiger partial charge in [-0.2, -0.15) is 0 Å². The minimum atomic E-state index is -1.34. The van der Waals surface area contributed by atoms with E-state index in [0.717, 1.165) is 0 Å². The first-order valence-electron chi connectivity index (χ1n) is 9.41. The summed E-state index contributed by atoms with van der Waals surface area (Å²) in [5.74, 6) is -3.04. The Morgan fingerprint density at radius 3 is 1.39 bits per heavy atom. The summed E-state index contributed by atoms with van der Waals surface area (Å²) < 4.78 is 10.4. The second-order valence-corrected chi connectivity index (χ2v) is 9.10. The molecule has 0 saturated heterocycles. The highest BCUT2D eigenvalue weighted by atomic mass is 16.5. The van der Waals surface area contributed by atoms with E-state index < -0.39 is 40.1 Å². The Kier molecular flexibility index (Phi) is 9.64. The minimum Gasteiger partial charge on any atom is -0.481 e. The Morgan fingerprint density at radius 2 is 1.11 bits per heavy atom. The van der Waals surface area contributed by atoms with Crippen LogP contribution in [0.1, 0.15) is 73.6 Å². The van der Waals surface area contributed by atoms with Crippen LogP contribution in [0, 0.1) is 16.2 Å². The molecule has 2 N–H and O–H groups in total. The molecule has 0 aromatic rings. The van der Waals surface area contributed by atoms with Crippen LogP contribution in [-0.4, -0.2) is 47.3 Å². The Morgan fingerprint density at radius 1 is 0.714 bits per heavy atom. The maximum atomic E-state index is 12.0. The van der Waals surface area contributed by atoms with Gasteiger partial charge in [0.2, 0.25) is 0 Å². The average Bonchev–Trinajstić information content (AvgIpc) is 2.51. The summed E-state index contributed by atoms with van der Waals surface area (Å²) in [6.07, 6.45) is 0.0864. The summed E-state index contributed by atoms with van der Waals surface area (Å²) in [6.45, 7) is 9.94. The van der Waals surface area contributed by atoms with E-state index in [1.807, 2.05) is 0 Å². The summed E-state index contributed by atoms with van der Waals surface area (Å²) in [5.41, 5.74) is -2.76. The van der Waals surface area contributed by atoms with Crippen LogP contribution in [0.5, 0.6) is 0 Å². The van der Waals surface area contributed by atoms with Crippen molar-refractivity contribution < 1.29 is 38.9 Å². The van der Waals surface area contributed by atoms with Crippen molar-refractivity contribution in [1.29, 1.82) is 0 Å². The number of hydrogen-bond donors (Lipinski definition) is 2. The normalized spacial score (nSPS) is 12.4. The topological polar surface area (TPSA) is 127 Å². The summed E-state index contributed by atoms with van der Waals surface area (Å²) in [4.78, 5) is 46.7. The van der Waals surface area contributed by atoms with E-state index in [1.54, 1.807) is 41.5 Å². The first-order chi connectivity index (χ1) is 12.6. The highest BCUT2D eigenvalue weighted by Crippen LogP contribution is 2.34. The van der Waals surface area contributed by atoms with E-state index in [4.69, 9.17) is 14.6 Å². The van der Waals surface area contributed by atoms with Crippen LogP contribution >= 0.6 is 0 Å². The van der Waals surface area contributed by atoms with Crippen molar-refractivity contribution in [2.75, 3.05) is 13.2 Å². The molecule has 0 spiro atoms. The van der Waals surface area contributed by atoms with E-state index >= 15 is 0 Å². The molecule has 0 heterocycles. The molecular formula is C20H34O8. The summed E-state index contributed by atoms with van der Waals surface area (Å²) in [5, 5.41) is 18.7. The van der Waals surface area contributed by atoms with E-state index in [1.165, 1.54) is 0 Å². The highest BCUT2D eigenvalue weighted by molar-refractivity contribution is 5.77. The first kappa shape index (κ1) is 25.9. The zero-order valence-corrected chi connectivity index (χ0v) is 17.8. The SMILES string of the molecule is CC(C)(C)C(=O)OCCC(CCCC(=O)O)(CCOC(=O)C(C)(C)C)C(=O)O. The molecule has 0 fully saturated rings. The van der Waals surface area contributed by atoms with Crippen LogP contribution in [0.2, 0.25) is 0 Å². The predicted molar refractivity (Wildman–Crippen MR) is 102 cm³/mol. The van der Waals surface area contributed by atoms with Gasteiger partial charge in [-0.05, 0) is 67.2 Å².